The topological polar surface area (TPSA) is 167 Å². The van der Waals surface area contributed by atoms with Crippen LogP contribution in [0.4, 0.5) is 5.69 Å². The van der Waals surface area contributed by atoms with Crippen molar-refractivity contribution in [3.05, 3.63) is 52.0 Å². The molecule has 1 aromatic carbocycles. The number of carboxylic acids is 2. The van der Waals surface area contributed by atoms with Crippen molar-refractivity contribution in [3.63, 3.8) is 0 Å². The number of benzene rings is 1. The van der Waals surface area contributed by atoms with E-state index in [0.717, 1.165) is 17.8 Å². The number of quaternary nitrogens is 2. The largest absolute Gasteiger partial charge is 0.550 e. The third-order valence-electron chi connectivity index (χ3n) is 5.12. The van der Waals surface area contributed by atoms with E-state index in [9.17, 15) is 24.6 Å². The number of carbonyl (C=O) groups is 2. The minimum atomic E-state index is -1.33. The summed E-state index contributed by atoms with van der Waals surface area (Å²) >= 11 is 0. The molecule has 6 N–H and O–H groups in total. The summed E-state index contributed by atoms with van der Waals surface area (Å²) in [6, 6.07) is 4.61. The molecule has 2 rings (SSSR count). The van der Waals surface area contributed by atoms with Crippen LogP contribution in [0.2, 0.25) is 0 Å². The fourth-order valence-electron chi connectivity index (χ4n) is 3.44. The first-order valence-corrected chi connectivity index (χ1v) is 10.3. The Morgan fingerprint density at radius 1 is 1.29 bits per heavy atom. The molecule has 0 saturated carbocycles. The van der Waals surface area contributed by atoms with Gasteiger partial charge in [-0.05, 0) is 44.0 Å². The lowest BCUT2D eigenvalue weighted by Gasteiger charge is -2.17. The number of aliphatic carboxylic acids is 2. The Kier molecular flexibility index (Phi) is 8.77. The summed E-state index contributed by atoms with van der Waals surface area (Å²) in [7, 11) is 0. The minimum Gasteiger partial charge on any atom is -0.550 e. The van der Waals surface area contributed by atoms with Crippen LogP contribution < -0.4 is 32.2 Å². The van der Waals surface area contributed by atoms with Crippen molar-refractivity contribution in [1.82, 2.24) is 0 Å². The van der Waals surface area contributed by atoms with Crippen LogP contribution in [0.5, 0.6) is 0 Å². The van der Waals surface area contributed by atoms with Gasteiger partial charge in [-0.25, -0.2) is 4.79 Å². The fourth-order valence-corrected chi connectivity index (χ4v) is 3.44. The Bertz CT molecular complexity index is 1010. The Morgan fingerprint density at radius 3 is 2.68 bits per heavy atom. The number of aryl methyl sites for hydroxylation is 1. The molecule has 0 spiro atoms. The van der Waals surface area contributed by atoms with E-state index in [2.05, 4.69) is 17.6 Å². The number of anilines is 1. The lowest BCUT2D eigenvalue weighted by Crippen LogP contribution is -2.91. The van der Waals surface area contributed by atoms with Crippen molar-refractivity contribution in [1.29, 1.82) is 0 Å². The van der Waals surface area contributed by atoms with E-state index in [1.807, 2.05) is 6.07 Å². The molecule has 1 heterocycles. The summed E-state index contributed by atoms with van der Waals surface area (Å²) in [6.07, 6.45) is 2.07. The number of nitrogens with two attached hydrogens (primary N) is 1. The molecular formula is C22H29N3O6. The Hall–Kier alpha value is -3.17. The van der Waals surface area contributed by atoms with Crippen LogP contribution in [-0.4, -0.2) is 31.1 Å². The fraction of sp³-hybridized carbons (Fsp3) is 0.409. The summed E-state index contributed by atoms with van der Waals surface area (Å²) in [6.45, 7) is 6.80. The minimum absolute atomic E-state index is 0.0883. The van der Waals surface area contributed by atoms with Gasteiger partial charge in [0, 0.05) is 48.1 Å². The van der Waals surface area contributed by atoms with Crippen LogP contribution in [0.3, 0.4) is 0 Å². The van der Waals surface area contributed by atoms with Crippen molar-refractivity contribution >= 4 is 28.6 Å². The molecule has 0 bridgehead atoms. The molecule has 0 amide bonds. The van der Waals surface area contributed by atoms with Crippen molar-refractivity contribution in [3.8, 4) is 0 Å². The van der Waals surface area contributed by atoms with E-state index in [0.29, 0.717) is 48.9 Å². The molecule has 0 aliphatic heterocycles. The first-order chi connectivity index (χ1) is 14.7. The second kappa shape index (κ2) is 11.3. The molecule has 0 aliphatic rings. The highest BCUT2D eigenvalue weighted by atomic mass is 16.4. The van der Waals surface area contributed by atoms with Crippen molar-refractivity contribution in [2.75, 3.05) is 18.4 Å². The maximum absolute atomic E-state index is 12.1. The smallest absolute Gasteiger partial charge is 0.340 e. The van der Waals surface area contributed by atoms with Gasteiger partial charge >= 0.3 is 5.63 Å². The van der Waals surface area contributed by atoms with E-state index in [1.54, 1.807) is 24.4 Å². The quantitative estimate of drug-likeness (QED) is 0.239. The number of carboxylic acid groups (broad SMARTS) is 2. The zero-order valence-electron chi connectivity index (χ0n) is 17.7. The Labute approximate surface area is 179 Å². The van der Waals surface area contributed by atoms with Gasteiger partial charge in [0.1, 0.15) is 17.3 Å². The lowest BCUT2D eigenvalue weighted by molar-refractivity contribution is -0.642. The molecule has 9 nitrogen and oxygen atoms in total. The average molecular weight is 431 g/mol. The Balaban J connectivity index is 1.93. The zero-order valence-corrected chi connectivity index (χ0v) is 17.7. The number of hydrogen-bond acceptors (Lipinski definition) is 7. The van der Waals surface area contributed by atoms with Crippen LogP contribution in [-0.2, 0) is 16.0 Å². The van der Waals surface area contributed by atoms with E-state index in [4.69, 9.17) is 4.42 Å². The van der Waals surface area contributed by atoms with Gasteiger partial charge in [0.15, 0.2) is 0 Å². The molecule has 1 atom stereocenters. The molecule has 0 radical (unpaired) electrons. The highest BCUT2D eigenvalue weighted by Gasteiger charge is 2.15. The summed E-state index contributed by atoms with van der Waals surface area (Å²) in [5.41, 5.74) is 5.57. The predicted octanol–water partition coefficient (Wildman–Crippen LogP) is -2.20. The van der Waals surface area contributed by atoms with E-state index < -0.39 is 30.0 Å². The second-order valence-electron chi connectivity index (χ2n) is 7.53. The lowest BCUT2D eigenvalue weighted by atomic mass is 10.0. The molecule has 31 heavy (non-hydrogen) atoms. The molecule has 1 aromatic heterocycles. The SMILES string of the molecule is C=C(CC[NH3+])[NH2+][C@@H](CCCCNc1ccc2c(C)c(CC(=O)[O-])c(=O)oc2c1)C(=O)[O-]. The van der Waals surface area contributed by atoms with Crippen molar-refractivity contribution in [2.45, 2.75) is 45.1 Å². The van der Waals surface area contributed by atoms with Gasteiger partial charge in [-0.2, -0.15) is 0 Å². The molecule has 0 fully saturated rings. The number of carbonyl (C=O) groups excluding carboxylic acids is 2. The second-order valence-corrected chi connectivity index (χ2v) is 7.53. The number of fused-ring (bicyclic) bond motifs is 1. The van der Waals surface area contributed by atoms with Gasteiger partial charge in [0.05, 0.1) is 18.9 Å². The number of nitrogens with one attached hydrogen (secondary N) is 1. The summed E-state index contributed by atoms with van der Waals surface area (Å²) in [5.74, 6) is -2.44. The van der Waals surface area contributed by atoms with Gasteiger partial charge < -0.3 is 40.6 Å². The summed E-state index contributed by atoms with van der Waals surface area (Å²) < 4.78 is 5.28. The van der Waals surface area contributed by atoms with Crippen LogP contribution in [0.15, 0.2) is 39.7 Å². The van der Waals surface area contributed by atoms with E-state index >= 15 is 0 Å². The molecule has 0 aliphatic carbocycles. The molecule has 0 unspecified atom stereocenters. The maximum atomic E-state index is 12.1. The van der Waals surface area contributed by atoms with E-state index in [1.165, 1.54) is 0 Å². The monoisotopic (exact) mass is 431 g/mol. The van der Waals surface area contributed by atoms with Gasteiger partial charge in [-0.1, -0.05) is 0 Å². The number of hydrogen-bond donors (Lipinski definition) is 3. The molecule has 9 heteroatoms. The first kappa shape index (κ1) is 24.1. The van der Waals surface area contributed by atoms with Gasteiger partial charge in [0.25, 0.3) is 0 Å². The third kappa shape index (κ3) is 6.94. The number of rotatable bonds is 13. The zero-order chi connectivity index (χ0) is 23.0. The van der Waals surface area contributed by atoms with Gasteiger partial charge in [-0.3, -0.25) is 0 Å². The van der Waals surface area contributed by atoms with E-state index in [-0.39, 0.29) is 5.56 Å². The van der Waals surface area contributed by atoms with Crippen LogP contribution in [0.25, 0.3) is 11.0 Å². The van der Waals surface area contributed by atoms with Crippen LogP contribution >= 0.6 is 0 Å². The van der Waals surface area contributed by atoms with Crippen LogP contribution in [0.1, 0.15) is 36.8 Å². The predicted molar refractivity (Wildman–Crippen MR) is 111 cm³/mol. The Morgan fingerprint density at radius 2 is 2.03 bits per heavy atom. The number of unbranched alkanes of at least 4 members (excludes halogenated alkanes) is 1. The average Bonchev–Trinajstić information content (AvgIpc) is 2.69. The molecule has 168 valence electrons. The van der Waals surface area contributed by atoms with Gasteiger partial charge in [0.2, 0.25) is 0 Å². The van der Waals surface area contributed by atoms with Crippen molar-refractivity contribution < 1.29 is 35.3 Å². The van der Waals surface area contributed by atoms with Gasteiger partial charge in [-0.15, -0.1) is 0 Å². The molecular weight excluding hydrogens is 402 g/mol. The molecule has 0 saturated heterocycles. The normalized spacial score (nSPS) is 11.9. The standard InChI is InChI=1S/C22H29N3O6/c1-13(8-9-23)25-18(21(28)29)5-3-4-10-24-15-6-7-16-14(2)17(12-20(26)27)22(30)31-19(16)11-15/h6-7,11,18,24-25H,1,3-5,8-10,12,23H2,2H3,(H,26,27)(H,28,29)/t18-/m0/s1. The summed E-state index contributed by atoms with van der Waals surface area (Å²) in [4.78, 5) is 34.2. The first-order valence-electron chi connectivity index (χ1n) is 10.3. The molecule has 2 aromatic rings. The highest BCUT2D eigenvalue weighted by molar-refractivity contribution is 5.85. The highest BCUT2D eigenvalue weighted by Crippen LogP contribution is 2.23. The maximum Gasteiger partial charge on any atom is 0.340 e. The van der Waals surface area contributed by atoms with Crippen molar-refractivity contribution in [2.24, 2.45) is 0 Å². The van der Waals surface area contributed by atoms with Crippen LogP contribution in [0, 0.1) is 6.92 Å². The third-order valence-corrected chi connectivity index (χ3v) is 5.12. The summed E-state index contributed by atoms with van der Waals surface area (Å²) in [5, 5.41) is 27.7.